The molecule has 0 unspecified atom stereocenters. The summed E-state index contributed by atoms with van der Waals surface area (Å²) in [6.45, 7) is 2.57. The molecule has 1 heterocycles. The molecular formula is C19H15Br3N2OS. The van der Waals surface area contributed by atoms with Crippen LogP contribution in [0.15, 0.2) is 71.9 Å². The van der Waals surface area contributed by atoms with Crippen LogP contribution in [0.3, 0.4) is 0 Å². The van der Waals surface area contributed by atoms with Gasteiger partial charge < -0.3 is 4.57 Å². The number of rotatable bonds is 5. The molecular weight excluding hydrogens is 544 g/mol. The zero-order chi connectivity index (χ0) is 18.7. The molecule has 0 saturated carbocycles. The third-order valence-electron chi connectivity index (χ3n) is 3.94. The van der Waals surface area contributed by atoms with Gasteiger partial charge in [-0.15, -0.1) is 0 Å². The number of aromatic nitrogens is 2. The number of halogens is 3. The SMILES string of the molecule is Cc1c(Br)c(=O)nc(SCc2ccccc2Br)n1Cc1ccccc1Br. The van der Waals surface area contributed by atoms with Gasteiger partial charge in [0.2, 0.25) is 0 Å². The zero-order valence-corrected chi connectivity index (χ0v) is 19.5. The van der Waals surface area contributed by atoms with E-state index in [-0.39, 0.29) is 5.56 Å². The first-order chi connectivity index (χ1) is 12.5. The summed E-state index contributed by atoms with van der Waals surface area (Å²) in [6, 6.07) is 16.2. The van der Waals surface area contributed by atoms with Gasteiger partial charge in [0.05, 0.1) is 6.54 Å². The minimum Gasteiger partial charge on any atom is -0.319 e. The van der Waals surface area contributed by atoms with E-state index in [9.17, 15) is 4.79 Å². The molecule has 7 heteroatoms. The quantitative estimate of drug-likeness (QED) is 0.277. The fraction of sp³-hybridized carbons (Fsp3) is 0.158. The second-order valence-corrected chi connectivity index (χ2v) is 9.10. The Morgan fingerprint density at radius 1 is 0.962 bits per heavy atom. The number of benzene rings is 2. The second-order valence-electron chi connectivity index (χ2n) is 5.66. The van der Waals surface area contributed by atoms with Gasteiger partial charge in [-0.25, -0.2) is 0 Å². The van der Waals surface area contributed by atoms with Crippen LogP contribution in [0.1, 0.15) is 16.8 Å². The Morgan fingerprint density at radius 2 is 1.54 bits per heavy atom. The van der Waals surface area contributed by atoms with Crippen molar-refractivity contribution in [1.82, 2.24) is 9.55 Å². The molecule has 26 heavy (non-hydrogen) atoms. The predicted octanol–water partition coefficient (Wildman–Crippen LogP) is 6.18. The summed E-state index contributed by atoms with van der Waals surface area (Å²) in [5, 5.41) is 0.710. The highest BCUT2D eigenvalue weighted by Crippen LogP contribution is 2.28. The Bertz CT molecular complexity index is 1000. The van der Waals surface area contributed by atoms with Gasteiger partial charge in [0.1, 0.15) is 4.47 Å². The van der Waals surface area contributed by atoms with Crippen molar-refractivity contribution in [3.8, 4) is 0 Å². The average Bonchev–Trinajstić information content (AvgIpc) is 2.63. The first-order valence-electron chi connectivity index (χ1n) is 7.84. The molecule has 0 N–H and O–H groups in total. The van der Waals surface area contributed by atoms with Crippen LogP contribution in [0.5, 0.6) is 0 Å². The average molecular weight is 559 g/mol. The molecule has 2 aromatic carbocycles. The van der Waals surface area contributed by atoms with Crippen molar-refractivity contribution in [2.75, 3.05) is 0 Å². The molecule has 0 bridgehead atoms. The maximum absolute atomic E-state index is 12.2. The molecule has 0 aliphatic heterocycles. The van der Waals surface area contributed by atoms with Crippen molar-refractivity contribution < 1.29 is 0 Å². The molecule has 0 fully saturated rings. The maximum atomic E-state index is 12.2. The minimum atomic E-state index is -0.236. The van der Waals surface area contributed by atoms with Crippen LogP contribution in [-0.2, 0) is 12.3 Å². The van der Waals surface area contributed by atoms with Gasteiger partial charge in [0.25, 0.3) is 5.56 Å². The van der Waals surface area contributed by atoms with Gasteiger partial charge >= 0.3 is 0 Å². The minimum absolute atomic E-state index is 0.236. The smallest absolute Gasteiger partial charge is 0.288 e. The lowest BCUT2D eigenvalue weighted by atomic mass is 10.2. The summed E-state index contributed by atoms with van der Waals surface area (Å²) >= 11 is 12.1. The van der Waals surface area contributed by atoms with E-state index in [0.717, 1.165) is 26.0 Å². The Kier molecular flexibility index (Phi) is 6.77. The standard InChI is InChI=1S/C19H15Br3N2OS/c1-12-17(22)18(25)23-19(26-11-14-7-3-5-9-16(14)21)24(12)10-13-6-2-4-8-15(13)20/h2-9H,10-11H2,1H3. The van der Waals surface area contributed by atoms with Gasteiger partial charge in [0.15, 0.2) is 5.16 Å². The third kappa shape index (κ3) is 4.50. The molecule has 0 aliphatic rings. The van der Waals surface area contributed by atoms with Crippen LogP contribution < -0.4 is 5.56 Å². The molecule has 0 aliphatic carbocycles. The molecule has 0 saturated heterocycles. The maximum Gasteiger partial charge on any atom is 0.288 e. The molecule has 0 radical (unpaired) electrons. The second kappa shape index (κ2) is 8.87. The fourth-order valence-electron chi connectivity index (χ4n) is 2.46. The summed E-state index contributed by atoms with van der Waals surface area (Å²) in [4.78, 5) is 16.5. The number of thioether (sulfide) groups is 1. The number of hydrogen-bond acceptors (Lipinski definition) is 3. The van der Waals surface area contributed by atoms with Crippen LogP contribution in [0.4, 0.5) is 0 Å². The topological polar surface area (TPSA) is 34.9 Å². The van der Waals surface area contributed by atoms with Crippen LogP contribution in [0, 0.1) is 6.92 Å². The lowest BCUT2D eigenvalue weighted by Crippen LogP contribution is -2.19. The Balaban J connectivity index is 1.97. The largest absolute Gasteiger partial charge is 0.319 e. The molecule has 1 aromatic heterocycles. The van der Waals surface area contributed by atoms with E-state index >= 15 is 0 Å². The van der Waals surface area contributed by atoms with Crippen LogP contribution in [0.25, 0.3) is 0 Å². The van der Waals surface area contributed by atoms with Crippen molar-refractivity contribution in [3.05, 3.63) is 89.1 Å². The Morgan fingerprint density at radius 3 is 2.15 bits per heavy atom. The van der Waals surface area contributed by atoms with Crippen LogP contribution >= 0.6 is 59.6 Å². The van der Waals surface area contributed by atoms with Crippen molar-refractivity contribution in [2.45, 2.75) is 24.4 Å². The predicted molar refractivity (Wildman–Crippen MR) is 118 cm³/mol. The Hall–Kier alpha value is -0.890. The van der Waals surface area contributed by atoms with E-state index < -0.39 is 0 Å². The number of nitrogens with zero attached hydrogens (tertiary/aromatic N) is 2. The molecule has 3 rings (SSSR count). The highest BCUT2D eigenvalue weighted by atomic mass is 79.9. The van der Waals surface area contributed by atoms with Crippen molar-refractivity contribution in [2.24, 2.45) is 0 Å². The molecule has 134 valence electrons. The zero-order valence-electron chi connectivity index (χ0n) is 13.9. The van der Waals surface area contributed by atoms with Crippen LogP contribution in [0.2, 0.25) is 0 Å². The Labute approximate surface area is 181 Å². The van der Waals surface area contributed by atoms with Gasteiger partial charge in [-0.3, -0.25) is 4.79 Å². The normalized spacial score (nSPS) is 10.9. The highest BCUT2D eigenvalue weighted by molar-refractivity contribution is 9.11. The van der Waals surface area contributed by atoms with Crippen molar-refractivity contribution >= 4 is 59.6 Å². The van der Waals surface area contributed by atoms with E-state index in [1.807, 2.05) is 43.3 Å². The molecule has 0 atom stereocenters. The van der Waals surface area contributed by atoms with Crippen molar-refractivity contribution in [1.29, 1.82) is 0 Å². The van der Waals surface area contributed by atoms with Gasteiger partial charge in [-0.05, 0) is 46.1 Å². The van der Waals surface area contributed by atoms with Crippen molar-refractivity contribution in [3.63, 3.8) is 0 Å². The molecule has 0 spiro atoms. The van der Waals surface area contributed by atoms with E-state index in [0.29, 0.717) is 16.2 Å². The monoisotopic (exact) mass is 556 g/mol. The molecule has 0 amide bonds. The lowest BCUT2D eigenvalue weighted by Gasteiger charge is -2.17. The van der Waals surface area contributed by atoms with Gasteiger partial charge in [-0.1, -0.05) is 80.0 Å². The van der Waals surface area contributed by atoms with E-state index in [1.54, 1.807) is 11.8 Å². The fourth-order valence-corrected chi connectivity index (χ4v) is 4.83. The summed E-state index contributed by atoms with van der Waals surface area (Å²) < 4.78 is 4.68. The van der Waals surface area contributed by atoms with E-state index in [2.05, 4.69) is 69.5 Å². The molecule has 3 aromatic rings. The van der Waals surface area contributed by atoms with Gasteiger partial charge in [-0.2, -0.15) is 4.98 Å². The summed E-state index contributed by atoms with van der Waals surface area (Å²) in [6.07, 6.45) is 0. The number of hydrogen-bond donors (Lipinski definition) is 0. The first kappa shape index (κ1) is 19.9. The highest BCUT2D eigenvalue weighted by Gasteiger charge is 2.14. The van der Waals surface area contributed by atoms with E-state index in [4.69, 9.17) is 0 Å². The summed E-state index contributed by atoms with van der Waals surface area (Å²) in [7, 11) is 0. The lowest BCUT2D eigenvalue weighted by molar-refractivity contribution is 0.633. The van der Waals surface area contributed by atoms with E-state index in [1.165, 1.54) is 5.56 Å². The summed E-state index contributed by atoms with van der Waals surface area (Å²) in [5.74, 6) is 0.727. The van der Waals surface area contributed by atoms with Crippen LogP contribution in [-0.4, -0.2) is 9.55 Å². The van der Waals surface area contributed by atoms with Gasteiger partial charge in [0, 0.05) is 20.4 Å². The third-order valence-corrected chi connectivity index (χ3v) is 7.42. The molecule has 3 nitrogen and oxygen atoms in total. The first-order valence-corrected chi connectivity index (χ1v) is 11.2. The summed E-state index contributed by atoms with van der Waals surface area (Å²) in [5.41, 5.74) is 2.94.